The fourth-order valence-corrected chi connectivity index (χ4v) is 2.28. The van der Waals surface area contributed by atoms with Crippen LogP contribution >= 0.6 is 0 Å². The molecular formula is C18H15NO3. The maximum atomic E-state index is 12.1. The van der Waals surface area contributed by atoms with Crippen LogP contribution in [0.2, 0.25) is 0 Å². The van der Waals surface area contributed by atoms with E-state index in [9.17, 15) is 9.90 Å². The third-order valence-electron chi connectivity index (χ3n) is 3.51. The van der Waals surface area contributed by atoms with Crippen molar-refractivity contribution in [2.75, 3.05) is 0 Å². The van der Waals surface area contributed by atoms with Crippen molar-refractivity contribution in [3.05, 3.63) is 70.1 Å². The quantitative estimate of drug-likeness (QED) is 0.575. The molecule has 3 rings (SSSR count). The van der Waals surface area contributed by atoms with E-state index in [1.807, 2.05) is 18.2 Å². The van der Waals surface area contributed by atoms with Gasteiger partial charge in [0.2, 0.25) is 0 Å². The number of para-hydroxylation sites is 1. The first-order valence-electron chi connectivity index (χ1n) is 6.93. The van der Waals surface area contributed by atoms with Gasteiger partial charge in [0.05, 0.1) is 17.0 Å². The molecule has 0 spiro atoms. The summed E-state index contributed by atoms with van der Waals surface area (Å²) < 4.78 is 5.32. The second kappa shape index (κ2) is 5.48. The predicted molar refractivity (Wildman–Crippen MR) is 87.2 cm³/mol. The van der Waals surface area contributed by atoms with Crippen LogP contribution in [0, 0.1) is 6.92 Å². The van der Waals surface area contributed by atoms with Crippen molar-refractivity contribution in [1.82, 2.24) is 0 Å². The number of nitrogens with zero attached hydrogens (tertiary/aromatic N) is 1. The van der Waals surface area contributed by atoms with E-state index >= 15 is 0 Å². The summed E-state index contributed by atoms with van der Waals surface area (Å²) in [5.74, 6) is 0.224. The van der Waals surface area contributed by atoms with Crippen LogP contribution in [-0.4, -0.2) is 10.8 Å². The third-order valence-corrected chi connectivity index (χ3v) is 3.51. The molecule has 4 nitrogen and oxygen atoms in total. The second-order valence-electron chi connectivity index (χ2n) is 5.15. The maximum Gasteiger partial charge on any atom is 0.345 e. The summed E-state index contributed by atoms with van der Waals surface area (Å²) in [6.45, 7) is 3.57. The van der Waals surface area contributed by atoms with E-state index in [2.05, 4.69) is 4.99 Å². The zero-order valence-corrected chi connectivity index (χ0v) is 12.3. The molecule has 0 bridgehead atoms. The summed E-state index contributed by atoms with van der Waals surface area (Å²) in [6.07, 6.45) is 0. The van der Waals surface area contributed by atoms with Gasteiger partial charge in [-0.05, 0) is 49.7 Å². The number of benzene rings is 2. The fraction of sp³-hybridized carbons (Fsp3) is 0.111. The lowest BCUT2D eigenvalue weighted by Gasteiger charge is -2.04. The van der Waals surface area contributed by atoms with Gasteiger partial charge in [0, 0.05) is 5.39 Å². The van der Waals surface area contributed by atoms with Crippen molar-refractivity contribution in [1.29, 1.82) is 0 Å². The molecule has 0 fully saturated rings. The van der Waals surface area contributed by atoms with E-state index in [0.29, 0.717) is 22.5 Å². The summed E-state index contributed by atoms with van der Waals surface area (Å²) >= 11 is 0. The normalized spacial score (nSPS) is 11.8. The first kappa shape index (κ1) is 14.1. The van der Waals surface area contributed by atoms with Crippen LogP contribution in [0.15, 0.2) is 62.7 Å². The number of aromatic hydroxyl groups is 1. The van der Waals surface area contributed by atoms with Gasteiger partial charge in [-0.25, -0.2) is 4.79 Å². The number of hydrogen-bond acceptors (Lipinski definition) is 4. The summed E-state index contributed by atoms with van der Waals surface area (Å²) in [5, 5.41) is 10.4. The van der Waals surface area contributed by atoms with Crippen molar-refractivity contribution < 1.29 is 9.52 Å². The molecular weight excluding hydrogens is 278 g/mol. The molecule has 0 aliphatic rings. The van der Waals surface area contributed by atoms with Gasteiger partial charge in [-0.2, -0.15) is 0 Å². The van der Waals surface area contributed by atoms with Gasteiger partial charge < -0.3 is 9.52 Å². The number of phenols is 1. The molecule has 0 radical (unpaired) electrons. The van der Waals surface area contributed by atoms with E-state index in [0.717, 1.165) is 10.9 Å². The summed E-state index contributed by atoms with van der Waals surface area (Å²) in [5.41, 5.74) is 2.58. The average molecular weight is 293 g/mol. The molecule has 1 aromatic heterocycles. The Balaban J connectivity index is 2.09. The molecule has 22 heavy (non-hydrogen) atoms. The Hall–Kier alpha value is -2.88. The highest BCUT2D eigenvalue weighted by molar-refractivity contribution is 6.01. The Labute approximate surface area is 127 Å². The standard InChI is InChI=1S/C18H15NO3/c1-11-9-14(7-8-16(11)20)19-12(2)15-10-13-5-3-4-6-17(13)22-18(15)21/h3-10,20H,1-2H3. The van der Waals surface area contributed by atoms with Gasteiger partial charge in [-0.1, -0.05) is 18.2 Å². The monoisotopic (exact) mass is 293 g/mol. The van der Waals surface area contributed by atoms with E-state index in [4.69, 9.17) is 4.42 Å². The molecule has 4 heteroatoms. The van der Waals surface area contributed by atoms with Crippen LogP contribution in [0.3, 0.4) is 0 Å². The highest BCUT2D eigenvalue weighted by Gasteiger charge is 2.08. The van der Waals surface area contributed by atoms with Crippen molar-refractivity contribution in [2.45, 2.75) is 13.8 Å². The van der Waals surface area contributed by atoms with Crippen LogP contribution in [0.5, 0.6) is 5.75 Å². The molecule has 0 saturated carbocycles. The number of phenolic OH excluding ortho intramolecular Hbond substituents is 1. The average Bonchev–Trinajstić information content (AvgIpc) is 2.50. The molecule has 0 aliphatic carbocycles. The van der Waals surface area contributed by atoms with Crippen molar-refractivity contribution in [3.8, 4) is 5.75 Å². The van der Waals surface area contributed by atoms with Crippen molar-refractivity contribution in [2.24, 2.45) is 4.99 Å². The van der Waals surface area contributed by atoms with Crippen LogP contribution in [0.1, 0.15) is 18.1 Å². The minimum absolute atomic E-state index is 0.224. The Morgan fingerprint density at radius 3 is 2.68 bits per heavy atom. The van der Waals surface area contributed by atoms with Gasteiger partial charge in [0.25, 0.3) is 0 Å². The Morgan fingerprint density at radius 1 is 1.14 bits per heavy atom. The highest BCUT2D eigenvalue weighted by Crippen LogP contribution is 2.23. The second-order valence-corrected chi connectivity index (χ2v) is 5.15. The molecule has 0 atom stereocenters. The number of fused-ring (bicyclic) bond motifs is 1. The molecule has 0 saturated heterocycles. The molecule has 3 aromatic rings. The number of rotatable bonds is 2. The van der Waals surface area contributed by atoms with Gasteiger partial charge in [0.1, 0.15) is 11.3 Å². The number of aliphatic imine (C=N–C) groups is 1. The van der Waals surface area contributed by atoms with Gasteiger partial charge in [-0.3, -0.25) is 4.99 Å². The molecule has 0 unspecified atom stereocenters. The van der Waals surface area contributed by atoms with Crippen molar-refractivity contribution in [3.63, 3.8) is 0 Å². The first-order valence-corrected chi connectivity index (χ1v) is 6.93. The molecule has 1 N–H and O–H groups in total. The van der Waals surface area contributed by atoms with Crippen LogP contribution in [0.4, 0.5) is 5.69 Å². The maximum absolute atomic E-state index is 12.1. The SMILES string of the molecule is CC(=Nc1ccc(O)c(C)c1)c1cc2ccccc2oc1=O. The van der Waals surface area contributed by atoms with Crippen LogP contribution < -0.4 is 5.63 Å². The van der Waals surface area contributed by atoms with E-state index in [1.54, 1.807) is 44.2 Å². The lowest BCUT2D eigenvalue weighted by Crippen LogP contribution is -2.11. The molecule has 1 heterocycles. The van der Waals surface area contributed by atoms with E-state index in [1.165, 1.54) is 0 Å². The van der Waals surface area contributed by atoms with Gasteiger partial charge >= 0.3 is 5.63 Å². The third kappa shape index (κ3) is 2.63. The Kier molecular flexibility index (Phi) is 3.51. The topological polar surface area (TPSA) is 62.8 Å². The number of aryl methyl sites for hydroxylation is 1. The lowest BCUT2D eigenvalue weighted by molar-refractivity contribution is 0.471. The fourth-order valence-electron chi connectivity index (χ4n) is 2.28. The molecule has 0 aliphatic heterocycles. The van der Waals surface area contributed by atoms with Crippen LogP contribution in [0.25, 0.3) is 11.0 Å². The summed E-state index contributed by atoms with van der Waals surface area (Å²) in [7, 11) is 0. The minimum Gasteiger partial charge on any atom is -0.508 e. The summed E-state index contributed by atoms with van der Waals surface area (Å²) in [6, 6.07) is 14.2. The summed E-state index contributed by atoms with van der Waals surface area (Å²) in [4.78, 5) is 16.5. The van der Waals surface area contributed by atoms with E-state index in [-0.39, 0.29) is 5.75 Å². The zero-order chi connectivity index (χ0) is 15.7. The molecule has 0 amide bonds. The van der Waals surface area contributed by atoms with Gasteiger partial charge in [0.15, 0.2) is 0 Å². The molecule has 2 aromatic carbocycles. The predicted octanol–water partition coefficient (Wildman–Crippen LogP) is 3.95. The Morgan fingerprint density at radius 2 is 1.91 bits per heavy atom. The van der Waals surface area contributed by atoms with Crippen LogP contribution in [-0.2, 0) is 0 Å². The van der Waals surface area contributed by atoms with Crippen molar-refractivity contribution >= 4 is 22.4 Å². The largest absolute Gasteiger partial charge is 0.508 e. The van der Waals surface area contributed by atoms with E-state index < -0.39 is 5.63 Å². The number of hydrogen-bond donors (Lipinski definition) is 1. The zero-order valence-electron chi connectivity index (χ0n) is 12.3. The highest BCUT2D eigenvalue weighted by atomic mass is 16.4. The van der Waals surface area contributed by atoms with Gasteiger partial charge in [-0.15, -0.1) is 0 Å². The lowest BCUT2D eigenvalue weighted by atomic mass is 10.1. The first-order chi connectivity index (χ1) is 10.5. The smallest absolute Gasteiger partial charge is 0.345 e. The minimum atomic E-state index is -0.407. The molecule has 110 valence electrons. The Bertz CT molecular complexity index is 938.